The number of hydrogen-bond donors (Lipinski definition) is 1. The maximum Gasteiger partial charge on any atom is 0.257 e. The van der Waals surface area contributed by atoms with E-state index in [2.05, 4.69) is 14.9 Å². The van der Waals surface area contributed by atoms with E-state index in [0.717, 1.165) is 16.9 Å². The first-order chi connectivity index (χ1) is 14.5. The fourth-order valence-electron chi connectivity index (χ4n) is 3.45. The number of carbonyl (C=O) groups excluding carboxylic acids is 1. The van der Waals surface area contributed by atoms with Crippen LogP contribution >= 0.6 is 11.3 Å². The van der Waals surface area contributed by atoms with Crippen molar-refractivity contribution in [3.63, 3.8) is 0 Å². The minimum atomic E-state index is -3.45. The van der Waals surface area contributed by atoms with E-state index >= 15 is 0 Å². The van der Waals surface area contributed by atoms with E-state index in [-0.39, 0.29) is 16.7 Å². The van der Waals surface area contributed by atoms with Crippen LogP contribution in [0.15, 0.2) is 51.1 Å². The molecule has 0 bridgehead atoms. The molecule has 4 rings (SSSR count). The second-order valence-electron chi connectivity index (χ2n) is 7.10. The molecule has 0 spiro atoms. The SMILES string of the molecule is CNS(=O)(=O)c1ccc(CCC(=O)N2CCC(c3nnc(-c4cccs4)o3)C2)cc1. The summed E-state index contributed by atoms with van der Waals surface area (Å²) in [5.41, 5.74) is 0.923. The number of nitrogens with one attached hydrogen (secondary N) is 1. The molecule has 1 amide bonds. The van der Waals surface area contributed by atoms with E-state index < -0.39 is 10.0 Å². The van der Waals surface area contributed by atoms with E-state index in [9.17, 15) is 13.2 Å². The zero-order valence-electron chi connectivity index (χ0n) is 16.4. The van der Waals surface area contributed by atoms with Gasteiger partial charge in [0.1, 0.15) is 0 Å². The smallest absolute Gasteiger partial charge is 0.257 e. The highest BCUT2D eigenvalue weighted by Crippen LogP contribution is 2.30. The average Bonchev–Trinajstić information content (AvgIpc) is 3.52. The van der Waals surface area contributed by atoms with Gasteiger partial charge in [-0.15, -0.1) is 21.5 Å². The van der Waals surface area contributed by atoms with Crippen LogP contribution in [0.5, 0.6) is 0 Å². The first-order valence-corrected chi connectivity index (χ1v) is 12.0. The van der Waals surface area contributed by atoms with Crippen molar-refractivity contribution in [2.24, 2.45) is 0 Å². The molecule has 1 aliphatic heterocycles. The van der Waals surface area contributed by atoms with Gasteiger partial charge in [0.15, 0.2) is 0 Å². The summed E-state index contributed by atoms with van der Waals surface area (Å²) in [5.74, 6) is 1.23. The van der Waals surface area contributed by atoms with Crippen LogP contribution in [0.2, 0.25) is 0 Å². The van der Waals surface area contributed by atoms with Gasteiger partial charge in [-0.3, -0.25) is 4.79 Å². The molecule has 2 aromatic heterocycles. The Morgan fingerprint density at radius 2 is 2.07 bits per heavy atom. The Morgan fingerprint density at radius 1 is 1.27 bits per heavy atom. The summed E-state index contributed by atoms with van der Waals surface area (Å²) in [5, 5.41) is 10.3. The van der Waals surface area contributed by atoms with Crippen LogP contribution in [0, 0.1) is 0 Å². The minimum Gasteiger partial charge on any atom is -0.420 e. The van der Waals surface area contributed by atoms with E-state index in [0.29, 0.717) is 37.7 Å². The number of thiophene rings is 1. The molecule has 1 saturated heterocycles. The third kappa shape index (κ3) is 4.45. The summed E-state index contributed by atoms with van der Waals surface area (Å²) in [6.07, 6.45) is 1.73. The maximum absolute atomic E-state index is 12.6. The van der Waals surface area contributed by atoms with Gasteiger partial charge in [0, 0.05) is 19.5 Å². The highest BCUT2D eigenvalue weighted by Gasteiger charge is 2.31. The van der Waals surface area contributed by atoms with E-state index in [1.54, 1.807) is 35.6 Å². The number of hydrogen-bond acceptors (Lipinski definition) is 7. The summed E-state index contributed by atoms with van der Waals surface area (Å²) >= 11 is 1.55. The zero-order chi connectivity index (χ0) is 21.1. The van der Waals surface area contributed by atoms with Crippen LogP contribution in [0.25, 0.3) is 10.8 Å². The Morgan fingerprint density at radius 3 is 2.77 bits per heavy atom. The molecule has 1 aromatic carbocycles. The number of likely N-dealkylation sites (tertiary alicyclic amines) is 1. The fraction of sp³-hybridized carbons (Fsp3) is 0.350. The fourth-order valence-corrected chi connectivity index (χ4v) is 4.82. The van der Waals surface area contributed by atoms with Gasteiger partial charge < -0.3 is 9.32 Å². The maximum atomic E-state index is 12.6. The van der Waals surface area contributed by atoms with Crippen LogP contribution in [0.1, 0.15) is 30.2 Å². The number of amides is 1. The lowest BCUT2D eigenvalue weighted by atomic mass is 10.1. The molecule has 8 nitrogen and oxygen atoms in total. The van der Waals surface area contributed by atoms with Gasteiger partial charge in [-0.05, 0) is 49.0 Å². The van der Waals surface area contributed by atoms with Crippen molar-refractivity contribution in [3.8, 4) is 10.8 Å². The van der Waals surface area contributed by atoms with Crippen molar-refractivity contribution in [2.45, 2.75) is 30.1 Å². The van der Waals surface area contributed by atoms with Crippen molar-refractivity contribution in [1.29, 1.82) is 0 Å². The molecular weight excluding hydrogens is 424 g/mol. The summed E-state index contributed by atoms with van der Waals surface area (Å²) in [6, 6.07) is 10.5. The van der Waals surface area contributed by atoms with Gasteiger partial charge in [0.2, 0.25) is 21.8 Å². The van der Waals surface area contributed by atoms with Gasteiger partial charge >= 0.3 is 0 Å². The Balaban J connectivity index is 1.31. The normalized spacial score (nSPS) is 16.8. The largest absolute Gasteiger partial charge is 0.420 e. The van der Waals surface area contributed by atoms with Gasteiger partial charge in [-0.2, -0.15) is 0 Å². The highest BCUT2D eigenvalue weighted by atomic mass is 32.2. The predicted octanol–water partition coefficient (Wildman–Crippen LogP) is 2.65. The van der Waals surface area contributed by atoms with Crippen LogP contribution in [0.3, 0.4) is 0 Å². The highest BCUT2D eigenvalue weighted by molar-refractivity contribution is 7.89. The zero-order valence-corrected chi connectivity index (χ0v) is 18.1. The van der Waals surface area contributed by atoms with Crippen LogP contribution in [-0.4, -0.2) is 49.6 Å². The Bertz CT molecular complexity index is 1110. The molecule has 1 atom stereocenters. The standard InChI is InChI=1S/C20H22N4O4S2/c1-21-30(26,27)16-7-4-14(5-8-16)6-9-18(25)24-11-10-15(13-24)19-22-23-20(28-19)17-3-2-12-29-17/h2-5,7-8,12,15,21H,6,9-11,13H2,1H3. The lowest BCUT2D eigenvalue weighted by Crippen LogP contribution is -2.28. The van der Waals surface area contributed by atoms with Gasteiger partial charge in [0.05, 0.1) is 15.7 Å². The van der Waals surface area contributed by atoms with Gasteiger partial charge in [-0.1, -0.05) is 18.2 Å². The number of aryl methyl sites for hydroxylation is 1. The first kappa shape index (κ1) is 20.7. The Labute approximate surface area is 179 Å². The molecule has 0 saturated carbocycles. The van der Waals surface area contributed by atoms with Gasteiger partial charge in [-0.25, -0.2) is 13.1 Å². The first-order valence-electron chi connectivity index (χ1n) is 9.64. The van der Waals surface area contributed by atoms with Crippen LogP contribution < -0.4 is 4.72 Å². The summed E-state index contributed by atoms with van der Waals surface area (Å²) in [6.45, 7) is 1.24. The molecule has 3 heterocycles. The summed E-state index contributed by atoms with van der Waals surface area (Å²) in [7, 11) is -2.07. The molecule has 0 aliphatic carbocycles. The van der Waals surface area contributed by atoms with Crippen molar-refractivity contribution in [1.82, 2.24) is 19.8 Å². The van der Waals surface area contributed by atoms with Crippen molar-refractivity contribution in [2.75, 3.05) is 20.1 Å². The third-order valence-corrected chi connectivity index (χ3v) is 7.48. The molecule has 1 fully saturated rings. The molecule has 158 valence electrons. The monoisotopic (exact) mass is 446 g/mol. The van der Waals surface area contributed by atoms with Crippen molar-refractivity contribution >= 4 is 27.3 Å². The van der Waals surface area contributed by atoms with Crippen LogP contribution in [0.4, 0.5) is 0 Å². The molecule has 3 aromatic rings. The molecule has 10 heteroatoms. The van der Waals surface area contributed by atoms with Crippen molar-refractivity contribution < 1.29 is 17.6 Å². The average molecular weight is 447 g/mol. The number of benzene rings is 1. The second-order valence-corrected chi connectivity index (χ2v) is 9.93. The number of sulfonamides is 1. The molecule has 1 N–H and O–H groups in total. The lowest BCUT2D eigenvalue weighted by Gasteiger charge is -2.15. The molecular formula is C20H22N4O4S2. The number of aromatic nitrogens is 2. The number of carbonyl (C=O) groups is 1. The van der Waals surface area contributed by atoms with Crippen molar-refractivity contribution in [3.05, 3.63) is 53.2 Å². The summed E-state index contributed by atoms with van der Waals surface area (Å²) in [4.78, 5) is 15.6. The van der Waals surface area contributed by atoms with Crippen LogP contribution in [-0.2, 0) is 21.2 Å². The molecule has 1 aliphatic rings. The quantitative estimate of drug-likeness (QED) is 0.598. The topological polar surface area (TPSA) is 105 Å². The molecule has 0 radical (unpaired) electrons. The van der Waals surface area contributed by atoms with E-state index in [4.69, 9.17) is 4.42 Å². The molecule has 1 unspecified atom stereocenters. The number of rotatable bonds is 7. The lowest BCUT2D eigenvalue weighted by molar-refractivity contribution is -0.130. The number of nitrogens with zero attached hydrogens (tertiary/aromatic N) is 3. The Kier molecular flexibility index (Phi) is 5.98. The molecule has 30 heavy (non-hydrogen) atoms. The Hall–Kier alpha value is -2.56. The predicted molar refractivity (Wildman–Crippen MR) is 113 cm³/mol. The third-order valence-electron chi connectivity index (χ3n) is 5.19. The minimum absolute atomic E-state index is 0.0567. The van der Waals surface area contributed by atoms with E-state index in [1.807, 2.05) is 22.4 Å². The van der Waals surface area contributed by atoms with E-state index in [1.165, 1.54) is 7.05 Å². The second kappa shape index (κ2) is 8.66. The van der Waals surface area contributed by atoms with Gasteiger partial charge in [0.25, 0.3) is 5.89 Å². The summed E-state index contributed by atoms with van der Waals surface area (Å²) < 4.78 is 31.7.